The van der Waals surface area contributed by atoms with E-state index in [0.29, 0.717) is 5.56 Å². The Morgan fingerprint density at radius 1 is 1.29 bits per heavy atom. The third kappa shape index (κ3) is 4.34. The summed E-state index contributed by atoms with van der Waals surface area (Å²) in [7, 11) is 1.11. The van der Waals surface area contributed by atoms with Crippen molar-refractivity contribution in [3.05, 3.63) is 46.7 Å². The number of methoxy groups -OCH3 is 1. The molecule has 0 fully saturated rings. The fourth-order valence-corrected chi connectivity index (χ4v) is 1.70. The normalized spacial score (nSPS) is 12.6. The molecule has 0 heterocycles. The van der Waals surface area contributed by atoms with Crippen molar-refractivity contribution in [1.82, 2.24) is 0 Å². The van der Waals surface area contributed by atoms with Gasteiger partial charge in [0.15, 0.2) is 0 Å². The van der Waals surface area contributed by atoms with Crippen molar-refractivity contribution < 1.29 is 27.8 Å². The Hall–Kier alpha value is -2.31. The number of carbonyl (C=O) groups is 1. The first-order chi connectivity index (χ1) is 9.66. The second-order valence-corrected chi connectivity index (χ2v) is 4.30. The van der Waals surface area contributed by atoms with E-state index < -0.39 is 17.7 Å². The molecule has 1 rings (SSSR count). The maximum atomic E-state index is 12.4. The molecule has 21 heavy (non-hydrogen) atoms. The van der Waals surface area contributed by atoms with Gasteiger partial charge in [0.25, 0.3) is 0 Å². The maximum Gasteiger partial charge on any atom is 0.416 e. The van der Waals surface area contributed by atoms with E-state index >= 15 is 0 Å². The summed E-state index contributed by atoms with van der Waals surface area (Å²) in [5.74, 6) is -1.24. The molecule has 0 saturated heterocycles. The first kappa shape index (κ1) is 16.7. The number of alkyl halides is 3. The Labute approximate surface area is 119 Å². The number of nitrogens with one attached hydrogen (secondary N) is 1. The molecule has 1 aromatic rings. The number of benzene rings is 1. The maximum absolute atomic E-state index is 12.4. The van der Waals surface area contributed by atoms with Gasteiger partial charge in [-0.25, -0.2) is 4.79 Å². The Morgan fingerprint density at radius 2 is 1.81 bits per heavy atom. The Bertz CT molecular complexity index is 570. The van der Waals surface area contributed by atoms with Crippen LogP contribution in [0.5, 0.6) is 0 Å². The molecule has 0 aromatic heterocycles. The van der Waals surface area contributed by atoms with E-state index in [2.05, 4.69) is 4.74 Å². The van der Waals surface area contributed by atoms with Crippen molar-refractivity contribution in [2.24, 2.45) is 0 Å². The van der Waals surface area contributed by atoms with Crippen molar-refractivity contribution in [3.8, 4) is 0 Å². The fraction of sp³-hybridized carbons (Fsp3) is 0.286. The molecular weight excluding hydrogens is 287 g/mol. The molecule has 0 aliphatic heterocycles. The van der Waals surface area contributed by atoms with Crippen molar-refractivity contribution in [2.75, 3.05) is 7.11 Å². The van der Waals surface area contributed by atoms with Gasteiger partial charge in [0.1, 0.15) is 11.3 Å². The molecule has 0 radical (unpaired) electrons. The lowest BCUT2D eigenvalue weighted by Crippen LogP contribution is -2.18. The molecular formula is C14H14F3NO3. The third-order valence-electron chi connectivity index (χ3n) is 2.72. The molecule has 0 atom stereocenters. The predicted molar refractivity (Wildman–Crippen MR) is 70.2 cm³/mol. The summed E-state index contributed by atoms with van der Waals surface area (Å²) < 4.78 is 41.7. The standard InChI is InChI=1S/C14H14F3NO3/c1-8(19)12(13(20)21-2)11(18)7-9-3-5-10(6-4-9)14(15,16)17/h3-6,18-19H,7H2,1-2H3/b12-8-,18-11?. The van der Waals surface area contributed by atoms with Crippen LogP contribution in [0.15, 0.2) is 35.6 Å². The molecule has 0 saturated carbocycles. The van der Waals surface area contributed by atoms with Gasteiger partial charge >= 0.3 is 12.1 Å². The lowest BCUT2D eigenvalue weighted by molar-refractivity contribution is -0.137. The minimum Gasteiger partial charge on any atom is -0.512 e. The average Bonchev–Trinajstić information content (AvgIpc) is 2.37. The molecule has 0 spiro atoms. The number of aliphatic hydroxyl groups excluding tert-OH is 1. The number of ether oxygens (including phenoxy) is 1. The number of esters is 1. The summed E-state index contributed by atoms with van der Waals surface area (Å²) in [6.45, 7) is 1.23. The van der Waals surface area contributed by atoms with Crippen LogP contribution in [-0.4, -0.2) is 23.9 Å². The summed E-state index contributed by atoms with van der Waals surface area (Å²) in [6.07, 6.45) is -4.52. The molecule has 114 valence electrons. The minimum atomic E-state index is -4.43. The van der Waals surface area contributed by atoms with Gasteiger partial charge in [0.05, 0.1) is 18.4 Å². The average molecular weight is 301 g/mol. The van der Waals surface area contributed by atoms with E-state index in [1.54, 1.807) is 0 Å². The highest BCUT2D eigenvalue weighted by Gasteiger charge is 2.30. The van der Waals surface area contributed by atoms with Crippen molar-refractivity contribution in [3.63, 3.8) is 0 Å². The number of allylic oxidation sites excluding steroid dienone is 1. The molecule has 4 nitrogen and oxygen atoms in total. The van der Waals surface area contributed by atoms with Crippen LogP contribution in [0.1, 0.15) is 18.1 Å². The van der Waals surface area contributed by atoms with E-state index in [-0.39, 0.29) is 23.5 Å². The molecule has 2 N–H and O–H groups in total. The minimum absolute atomic E-state index is 0.0968. The summed E-state index contributed by atoms with van der Waals surface area (Å²) in [5, 5.41) is 17.2. The fourth-order valence-electron chi connectivity index (χ4n) is 1.70. The smallest absolute Gasteiger partial charge is 0.416 e. The summed E-state index contributed by atoms with van der Waals surface area (Å²) in [6, 6.07) is 4.24. The second-order valence-electron chi connectivity index (χ2n) is 4.30. The number of hydrogen-bond donors (Lipinski definition) is 2. The monoisotopic (exact) mass is 301 g/mol. The van der Waals surface area contributed by atoms with E-state index in [9.17, 15) is 23.1 Å². The van der Waals surface area contributed by atoms with Gasteiger partial charge in [-0.2, -0.15) is 13.2 Å². The summed E-state index contributed by atoms with van der Waals surface area (Å²) in [5.41, 5.74) is -0.908. The Balaban J connectivity index is 2.93. The molecule has 0 amide bonds. The van der Waals surface area contributed by atoms with Crippen LogP contribution in [0.2, 0.25) is 0 Å². The van der Waals surface area contributed by atoms with Crippen LogP contribution < -0.4 is 0 Å². The number of aliphatic hydroxyl groups is 1. The van der Waals surface area contributed by atoms with Crippen LogP contribution in [0, 0.1) is 5.41 Å². The van der Waals surface area contributed by atoms with Gasteiger partial charge in [-0.1, -0.05) is 12.1 Å². The topological polar surface area (TPSA) is 70.4 Å². The molecule has 0 aliphatic carbocycles. The number of carbonyl (C=O) groups excluding carboxylic acids is 1. The van der Waals surface area contributed by atoms with Gasteiger partial charge in [-0.3, -0.25) is 0 Å². The van der Waals surface area contributed by atoms with Crippen LogP contribution in [0.4, 0.5) is 13.2 Å². The van der Waals surface area contributed by atoms with Crippen molar-refractivity contribution in [2.45, 2.75) is 19.5 Å². The van der Waals surface area contributed by atoms with E-state index in [4.69, 9.17) is 5.41 Å². The van der Waals surface area contributed by atoms with Gasteiger partial charge in [-0.05, 0) is 24.6 Å². The zero-order valence-electron chi connectivity index (χ0n) is 11.4. The predicted octanol–water partition coefficient (Wildman–Crippen LogP) is 3.27. The first-order valence-corrected chi connectivity index (χ1v) is 5.89. The number of hydrogen-bond acceptors (Lipinski definition) is 4. The SMILES string of the molecule is COC(=O)/C(C(=N)Cc1ccc(C(F)(F)F)cc1)=C(/C)O. The highest BCUT2D eigenvalue weighted by Crippen LogP contribution is 2.29. The molecule has 1 aromatic carbocycles. The van der Waals surface area contributed by atoms with Gasteiger partial charge in [-0.15, -0.1) is 0 Å². The highest BCUT2D eigenvalue weighted by atomic mass is 19.4. The quantitative estimate of drug-likeness (QED) is 0.388. The first-order valence-electron chi connectivity index (χ1n) is 5.89. The Morgan fingerprint density at radius 3 is 2.19 bits per heavy atom. The zero-order chi connectivity index (χ0) is 16.2. The second kappa shape index (κ2) is 6.43. The van der Waals surface area contributed by atoms with Crippen molar-refractivity contribution >= 4 is 11.7 Å². The lowest BCUT2D eigenvalue weighted by Gasteiger charge is -2.10. The summed E-state index contributed by atoms with van der Waals surface area (Å²) >= 11 is 0. The van der Waals surface area contributed by atoms with Gasteiger partial charge in [0.2, 0.25) is 0 Å². The zero-order valence-corrected chi connectivity index (χ0v) is 11.4. The van der Waals surface area contributed by atoms with Crippen molar-refractivity contribution in [1.29, 1.82) is 5.41 Å². The van der Waals surface area contributed by atoms with Crippen LogP contribution in [0.25, 0.3) is 0 Å². The highest BCUT2D eigenvalue weighted by molar-refractivity contribution is 6.19. The largest absolute Gasteiger partial charge is 0.512 e. The van der Waals surface area contributed by atoms with E-state index in [0.717, 1.165) is 19.2 Å². The van der Waals surface area contributed by atoms with Crippen LogP contribution in [0.3, 0.4) is 0 Å². The number of rotatable bonds is 4. The molecule has 7 heteroatoms. The lowest BCUT2D eigenvalue weighted by atomic mass is 10.0. The number of halogens is 3. The molecule has 0 unspecified atom stereocenters. The van der Waals surface area contributed by atoms with Gasteiger partial charge in [0, 0.05) is 6.42 Å². The molecule has 0 aliphatic rings. The van der Waals surface area contributed by atoms with Crippen LogP contribution >= 0.6 is 0 Å². The Kier molecular flexibility index (Phi) is 5.12. The van der Waals surface area contributed by atoms with Crippen LogP contribution in [-0.2, 0) is 22.1 Å². The third-order valence-corrected chi connectivity index (χ3v) is 2.72. The van der Waals surface area contributed by atoms with Gasteiger partial charge < -0.3 is 15.3 Å². The summed E-state index contributed by atoms with van der Waals surface area (Å²) in [4.78, 5) is 11.4. The van der Waals surface area contributed by atoms with E-state index in [1.165, 1.54) is 19.1 Å². The van der Waals surface area contributed by atoms with E-state index in [1.807, 2.05) is 0 Å². The molecule has 0 bridgehead atoms.